The zero-order valence-corrected chi connectivity index (χ0v) is 18.7. The van der Waals surface area contributed by atoms with Crippen LogP contribution in [0.3, 0.4) is 0 Å². The van der Waals surface area contributed by atoms with Crippen molar-refractivity contribution < 1.29 is 28.7 Å². The van der Waals surface area contributed by atoms with E-state index >= 15 is 0 Å². The standard InChI is InChI=1S/C21H43O6P/c1-2-3-4-5-6-7-8-9-10-11-12-13-14-15-16-17-18-26-21(19-22)20-27-28(23,24)25/h9-10,21-22H,2-8,11-20H2,1H3,(H2,23,24,25)/b10-9-. The lowest BCUT2D eigenvalue weighted by Crippen LogP contribution is -2.24. The molecule has 3 N–H and O–H groups in total. The number of rotatable bonds is 21. The Morgan fingerprint density at radius 1 is 0.821 bits per heavy atom. The van der Waals surface area contributed by atoms with Gasteiger partial charge in [0.2, 0.25) is 0 Å². The molecule has 168 valence electrons. The number of phosphoric ester groups is 1. The lowest BCUT2D eigenvalue weighted by molar-refractivity contribution is -0.0205. The summed E-state index contributed by atoms with van der Waals surface area (Å²) >= 11 is 0. The highest BCUT2D eigenvalue weighted by molar-refractivity contribution is 7.46. The molecule has 0 bridgehead atoms. The second kappa shape index (κ2) is 20.1. The van der Waals surface area contributed by atoms with Crippen LogP contribution in [0.25, 0.3) is 0 Å². The van der Waals surface area contributed by atoms with Crippen LogP contribution in [-0.2, 0) is 13.8 Å². The van der Waals surface area contributed by atoms with E-state index in [4.69, 9.17) is 19.6 Å². The predicted octanol–water partition coefficient (Wildman–Crippen LogP) is 5.51. The van der Waals surface area contributed by atoms with Crippen LogP contribution in [0.1, 0.15) is 96.8 Å². The molecular formula is C21H43O6P. The molecule has 0 aliphatic rings. The minimum atomic E-state index is -4.51. The van der Waals surface area contributed by atoms with E-state index in [1.807, 2.05) is 0 Å². The molecule has 0 rings (SSSR count). The second-order valence-corrected chi connectivity index (χ2v) is 8.64. The van der Waals surface area contributed by atoms with Gasteiger partial charge in [0.25, 0.3) is 0 Å². The second-order valence-electron chi connectivity index (χ2n) is 7.40. The number of ether oxygens (including phenoxy) is 1. The van der Waals surface area contributed by atoms with Crippen LogP contribution in [0.2, 0.25) is 0 Å². The van der Waals surface area contributed by atoms with E-state index in [0.717, 1.165) is 19.3 Å². The van der Waals surface area contributed by atoms with Crippen molar-refractivity contribution in [3.63, 3.8) is 0 Å². The zero-order valence-electron chi connectivity index (χ0n) is 17.8. The number of aliphatic hydroxyl groups is 1. The Kier molecular flexibility index (Phi) is 19.9. The van der Waals surface area contributed by atoms with Gasteiger partial charge in [0, 0.05) is 6.61 Å². The first-order valence-corrected chi connectivity index (χ1v) is 12.6. The summed E-state index contributed by atoms with van der Waals surface area (Å²) in [6.07, 6.45) is 21.3. The highest BCUT2D eigenvalue weighted by Gasteiger charge is 2.18. The monoisotopic (exact) mass is 422 g/mol. The van der Waals surface area contributed by atoms with E-state index < -0.39 is 13.9 Å². The molecule has 0 aromatic carbocycles. The van der Waals surface area contributed by atoms with E-state index in [0.29, 0.717) is 6.61 Å². The molecule has 1 atom stereocenters. The fourth-order valence-electron chi connectivity index (χ4n) is 2.93. The Bertz CT molecular complexity index is 396. The van der Waals surface area contributed by atoms with Gasteiger partial charge in [-0.1, -0.05) is 76.9 Å². The van der Waals surface area contributed by atoms with Crippen molar-refractivity contribution in [2.45, 2.75) is 103 Å². The van der Waals surface area contributed by atoms with Crippen molar-refractivity contribution in [2.24, 2.45) is 0 Å². The number of allylic oxidation sites excluding steroid dienone is 2. The summed E-state index contributed by atoms with van der Waals surface area (Å²) in [6.45, 7) is 2.11. The van der Waals surface area contributed by atoms with E-state index in [2.05, 4.69) is 23.6 Å². The summed E-state index contributed by atoms with van der Waals surface area (Å²) in [5.74, 6) is 0. The largest absolute Gasteiger partial charge is 0.469 e. The lowest BCUT2D eigenvalue weighted by Gasteiger charge is -2.15. The molecule has 28 heavy (non-hydrogen) atoms. The van der Waals surface area contributed by atoms with Crippen LogP contribution in [0.4, 0.5) is 0 Å². The van der Waals surface area contributed by atoms with Crippen LogP contribution < -0.4 is 0 Å². The minimum Gasteiger partial charge on any atom is -0.394 e. The molecule has 0 amide bonds. The van der Waals surface area contributed by atoms with Gasteiger partial charge in [-0.3, -0.25) is 4.52 Å². The highest BCUT2D eigenvalue weighted by atomic mass is 31.2. The number of aliphatic hydroxyl groups excluding tert-OH is 1. The first kappa shape index (κ1) is 27.8. The van der Waals surface area contributed by atoms with E-state index in [-0.39, 0.29) is 13.2 Å². The van der Waals surface area contributed by atoms with Gasteiger partial charge in [0.15, 0.2) is 0 Å². The molecule has 1 unspecified atom stereocenters. The van der Waals surface area contributed by atoms with Crippen LogP contribution in [-0.4, -0.2) is 40.8 Å². The van der Waals surface area contributed by atoms with Crippen molar-refractivity contribution in [2.75, 3.05) is 19.8 Å². The Morgan fingerprint density at radius 2 is 1.32 bits per heavy atom. The molecule has 6 nitrogen and oxygen atoms in total. The van der Waals surface area contributed by atoms with Gasteiger partial charge in [-0.05, 0) is 32.1 Å². The molecule has 0 fully saturated rings. The first-order valence-electron chi connectivity index (χ1n) is 11.1. The Morgan fingerprint density at radius 3 is 1.82 bits per heavy atom. The van der Waals surface area contributed by atoms with Crippen molar-refractivity contribution in [3.05, 3.63) is 12.2 Å². The van der Waals surface area contributed by atoms with Gasteiger partial charge in [-0.15, -0.1) is 0 Å². The molecule has 0 saturated heterocycles. The quantitative estimate of drug-likeness (QED) is 0.128. The third kappa shape index (κ3) is 22.1. The lowest BCUT2D eigenvalue weighted by atomic mass is 10.1. The maximum Gasteiger partial charge on any atom is 0.469 e. The molecule has 0 aromatic rings. The molecule has 7 heteroatoms. The summed E-state index contributed by atoms with van der Waals surface area (Å²) in [5.41, 5.74) is 0. The van der Waals surface area contributed by atoms with Crippen LogP contribution in [0, 0.1) is 0 Å². The predicted molar refractivity (Wildman–Crippen MR) is 114 cm³/mol. The molecule has 0 aliphatic carbocycles. The van der Waals surface area contributed by atoms with Crippen LogP contribution >= 0.6 is 7.82 Å². The van der Waals surface area contributed by atoms with Crippen molar-refractivity contribution in [3.8, 4) is 0 Å². The first-order chi connectivity index (χ1) is 13.5. The maximum absolute atomic E-state index is 10.6. The molecule has 0 saturated carbocycles. The van der Waals surface area contributed by atoms with Gasteiger partial charge >= 0.3 is 7.82 Å². The van der Waals surface area contributed by atoms with Gasteiger partial charge in [0.1, 0.15) is 6.10 Å². The summed E-state index contributed by atoms with van der Waals surface area (Å²) in [4.78, 5) is 17.3. The third-order valence-electron chi connectivity index (χ3n) is 4.64. The van der Waals surface area contributed by atoms with Crippen LogP contribution in [0.5, 0.6) is 0 Å². The number of hydrogen-bond donors (Lipinski definition) is 3. The fraction of sp³-hybridized carbons (Fsp3) is 0.905. The molecular weight excluding hydrogens is 379 g/mol. The molecule has 0 aromatic heterocycles. The smallest absolute Gasteiger partial charge is 0.394 e. The summed E-state index contributed by atoms with van der Waals surface area (Å²) < 4.78 is 20.3. The van der Waals surface area contributed by atoms with E-state index in [9.17, 15) is 4.57 Å². The van der Waals surface area contributed by atoms with E-state index in [1.54, 1.807) is 0 Å². The van der Waals surface area contributed by atoms with Crippen molar-refractivity contribution >= 4 is 7.82 Å². The number of phosphoric acid groups is 1. The topological polar surface area (TPSA) is 96.2 Å². The van der Waals surface area contributed by atoms with Gasteiger partial charge in [0.05, 0.1) is 13.2 Å². The fourth-order valence-corrected chi connectivity index (χ4v) is 3.29. The number of unbranched alkanes of at least 4 members (excludes halogenated alkanes) is 12. The molecule has 0 radical (unpaired) electrons. The van der Waals surface area contributed by atoms with Gasteiger partial charge in [-0.25, -0.2) is 4.57 Å². The third-order valence-corrected chi connectivity index (χ3v) is 5.13. The summed E-state index contributed by atoms with van der Waals surface area (Å²) in [5, 5.41) is 9.09. The average Bonchev–Trinajstić information content (AvgIpc) is 2.65. The zero-order chi connectivity index (χ0) is 20.9. The average molecular weight is 423 g/mol. The Balaban J connectivity index is 3.32. The van der Waals surface area contributed by atoms with Crippen molar-refractivity contribution in [1.82, 2.24) is 0 Å². The molecule has 0 heterocycles. The van der Waals surface area contributed by atoms with Crippen LogP contribution in [0.15, 0.2) is 12.2 Å². The normalized spacial score (nSPS) is 13.4. The highest BCUT2D eigenvalue weighted by Crippen LogP contribution is 2.35. The molecule has 0 aliphatic heterocycles. The van der Waals surface area contributed by atoms with Gasteiger partial charge in [-0.2, -0.15) is 0 Å². The van der Waals surface area contributed by atoms with Gasteiger partial charge < -0.3 is 19.6 Å². The number of hydrogen-bond acceptors (Lipinski definition) is 4. The summed E-state index contributed by atoms with van der Waals surface area (Å²) in [6, 6.07) is 0. The van der Waals surface area contributed by atoms with Crippen molar-refractivity contribution in [1.29, 1.82) is 0 Å². The minimum absolute atomic E-state index is 0.298. The summed E-state index contributed by atoms with van der Waals surface area (Å²) in [7, 11) is -4.51. The Hall–Kier alpha value is -0.230. The molecule has 0 spiro atoms. The maximum atomic E-state index is 10.6. The van der Waals surface area contributed by atoms with E-state index in [1.165, 1.54) is 70.6 Å². The Labute approximate surface area is 172 Å². The SMILES string of the molecule is CCCCCCCC/C=C\CCCCCCCCOC(CO)COP(=O)(O)O.